The molecule has 0 saturated heterocycles. The maximum atomic E-state index is 13.7. The number of benzene rings is 1. The topological polar surface area (TPSA) is 49.8 Å². The molecular weight excluding hydrogens is 386 g/mol. The molecule has 0 radical (unpaired) electrons. The van der Waals surface area contributed by atoms with Gasteiger partial charge in [0, 0.05) is 17.7 Å². The summed E-state index contributed by atoms with van der Waals surface area (Å²) in [6.07, 6.45) is 1.48. The highest BCUT2D eigenvalue weighted by molar-refractivity contribution is 9.10. The van der Waals surface area contributed by atoms with Crippen LogP contribution in [-0.2, 0) is 0 Å². The molecule has 8 heteroatoms. The number of rotatable bonds is 3. The quantitative estimate of drug-likeness (QED) is 0.825. The highest BCUT2D eigenvalue weighted by Crippen LogP contribution is 2.29. The van der Waals surface area contributed by atoms with Gasteiger partial charge in [0.05, 0.1) is 4.47 Å². The van der Waals surface area contributed by atoms with Crippen LogP contribution in [-0.4, -0.2) is 17.0 Å². The number of hydrogen-bond acceptors (Lipinski definition) is 4. The molecule has 0 aliphatic heterocycles. The normalized spacial score (nSPS) is 10.4. The Bertz CT molecular complexity index is 599. The molecule has 0 amide bonds. The molecular formula is C11H8Br2F2N4. The zero-order valence-corrected chi connectivity index (χ0v) is 12.8. The Morgan fingerprint density at radius 2 is 1.79 bits per heavy atom. The zero-order chi connectivity index (χ0) is 14.0. The second kappa shape index (κ2) is 5.79. The van der Waals surface area contributed by atoms with Crippen molar-refractivity contribution in [2.45, 2.75) is 0 Å². The Kier molecular flexibility index (Phi) is 4.31. The Balaban J connectivity index is 2.41. The van der Waals surface area contributed by atoms with Crippen LogP contribution in [0, 0.1) is 11.6 Å². The van der Waals surface area contributed by atoms with E-state index in [-0.39, 0.29) is 11.5 Å². The van der Waals surface area contributed by atoms with Gasteiger partial charge < -0.3 is 10.6 Å². The van der Waals surface area contributed by atoms with Crippen LogP contribution in [0.1, 0.15) is 0 Å². The van der Waals surface area contributed by atoms with Crippen molar-refractivity contribution in [3.05, 3.63) is 38.9 Å². The summed E-state index contributed by atoms with van der Waals surface area (Å²) in [5.41, 5.74) is -0.273. The monoisotopic (exact) mass is 392 g/mol. The molecule has 0 saturated carbocycles. The molecule has 0 spiro atoms. The van der Waals surface area contributed by atoms with Crippen LogP contribution >= 0.6 is 31.9 Å². The first kappa shape index (κ1) is 14.1. The molecule has 2 aromatic rings. The number of hydrogen-bond donors (Lipinski definition) is 2. The van der Waals surface area contributed by atoms with E-state index in [0.717, 1.165) is 0 Å². The highest BCUT2D eigenvalue weighted by Gasteiger charge is 2.13. The molecule has 0 aliphatic carbocycles. The molecule has 1 aromatic carbocycles. The Morgan fingerprint density at radius 3 is 2.37 bits per heavy atom. The minimum Gasteiger partial charge on any atom is -0.357 e. The fourth-order valence-electron chi connectivity index (χ4n) is 1.36. The zero-order valence-electron chi connectivity index (χ0n) is 9.64. The molecule has 0 atom stereocenters. The van der Waals surface area contributed by atoms with Gasteiger partial charge in [-0.2, -0.15) is 4.98 Å². The number of nitrogens with zero attached hydrogens (tertiary/aromatic N) is 2. The fourth-order valence-corrected chi connectivity index (χ4v) is 2.05. The molecule has 1 aromatic heterocycles. The Hall–Kier alpha value is -1.28. The van der Waals surface area contributed by atoms with Crippen LogP contribution < -0.4 is 10.6 Å². The molecule has 1 heterocycles. The lowest BCUT2D eigenvalue weighted by Gasteiger charge is -2.10. The second-order valence-electron chi connectivity index (χ2n) is 3.51. The molecule has 100 valence electrons. The first-order valence-electron chi connectivity index (χ1n) is 5.13. The molecule has 0 bridgehead atoms. The van der Waals surface area contributed by atoms with Crippen molar-refractivity contribution in [3.8, 4) is 0 Å². The number of halogens is 4. The molecule has 19 heavy (non-hydrogen) atoms. The first-order chi connectivity index (χ1) is 9.01. The summed E-state index contributed by atoms with van der Waals surface area (Å²) >= 11 is 6.23. The third-order valence-corrected chi connectivity index (χ3v) is 3.26. The third kappa shape index (κ3) is 3.19. The molecule has 0 aliphatic rings. The predicted molar refractivity (Wildman–Crippen MR) is 76.6 cm³/mol. The van der Waals surface area contributed by atoms with Crippen molar-refractivity contribution in [1.29, 1.82) is 0 Å². The van der Waals surface area contributed by atoms with Gasteiger partial charge in [-0.1, -0.05) is 15.9 Å². The molecule has 2 rings (SSSR count). The van der Waals surface area contributed by atoms with Crippen LogP contribution in [0.2, 0.25) is 0 Å². The van der Waals surface area contributed by atoms with Crippen molar-refractivity contribution in [2.24, 2.45) is 0 Å². The summed E-state index contributed by atoms with van der Waals surface area (Å²) in [4.78, 5) is 8.02. The smallest absolute Gasteiger partial charge is 0.224 e. The van der Waals surface area contributed by atoms with E-state index in [0.29, 0.717) is 14.9 Å². The Morgan fingerprint density at radius 1 is 1.16 bits per heavy atom. The minimum absolute atomic E-state index is 0.263. The summed E-state index contributed by atoms with van der Waals surface area (Å²) in [5.74, 6) is -0.838. The van der Waals surface area contributed by atoms with Crippen LogP contribution in [0.25, 0.3) is 0 Å². The predicted octanol–water partition coefficient (Wildman–Crippen LogP) is 4.07. The van der Waals surface area contributed by atoms with Crippen LogP contribution in [0.15, 0.2) is 27.3 Å². The van der Waals surface area contributed by atoms with Gasteiger partial charge in [0.25, 0.3) is 0 Å². The van der Waals surface area contributed by atoms with Gasteiger partial charge in [-0.25, -0.2) is 13.8 Å². The van der Waals surface area contributed by atoms with E-state index in [4.69, 9.17) is 0 Å². The third-order valence-electron chi connectivity index (χ3n) is 2.22. The van der Waals surface area contributed by atoms with E-state index in [9.17, 15) is 8.78 Å². The Labute approximate surface area is 124 Å². The lowest BCUT2D eigenvalue weighted by atomic mass is 10.3. The number of nitrogens with one attached hydrogen (secondary N) is 2. The van der Waals surface area contributed by atoms with E-state index in [1.807, 2.05) is 0 Å². The lowest BCUT2D eigenvalue weighted by Crippen LogP contribution is -2.04. The lowest BCUT2D eigenvalue weighted by molar-refractivity contribution is 0.589. The summed E-state index contributed by atoms with van der Waals surface area (Å²) < 4.78 is 28.2. The molecule has 4 nitrogen and oxygen atoms in total. The summed E-state index contributed by atoms with van der Waals surface area (Å²) in [6, 6.07) is 2.33. The van der Waals surface area contributed by atoms with Crippen LogP contribution in [0.5, 0.6) is 0 Å². The summed E-state index contributed by atoms with van der Waals surface area (Å²) in [6.45, 7) is 0. The van der Waals surface area contributed by atoms with Gasteiger partial charge in [-0.15, -0.1) is 0 Å². The van der Waals surface area contributed by atoms with Gasteiger partial charge >= 0.3 is 0 Å². The van der Waals surface area contributed by atoms with Gasteiger partial charge in [-0.05, 0) is 28.1 Å². The highest BCUT2D eigenvalue weighted by atomic mass is 79.9. The van der Waals surface area contributed by atoms with Crippen molar-refractivity contribution in [2.75, 3.05) is 17.7 Å². The van der Waals surface area contributed by atoms with Crippen molar-refractivity contribution in [3.63, 3.8) is 0 Å². The molecule has 0 unspecified atom stereocenters. The summed E-state index contributed by atoms with van der Waals surface area (Å²) in [5, 5.41) is 5.34. The summed E-state index contributed by atoms with van der Waals surface area (Å²) in [7, 11) is 1.65. The van der Waals surface area contributed by atoms with E-state index >= 15 is 0 Å². The maximum Gasteiger partial charge on any atom is 0.224 e. The van der Waals surface area contributed by atoms with E-state index in [1.54, 1.807) is 7.05 Å². The van der Waals surface area contributed by atoms with Crippen LogP contribution in [0.3, 0.4) is 0 Å². The molecule has 2 N–H and O–H groups in total. The number of aromatic nitrogens is 2. The largest absolute Gasteiger partial charge is 0.357 e. The average Bonchev–Trinajstić information content (AvgIpc) is 2.35. The van der Waals surface area contributed by atoms with Crippen LogP contribution in [0.4, 0.5) is 26.2 Å². The van der Waals surface area contributed by atoms with E-state index in [1.165, 1.54) is 18.3 Å². The van der Waals surface area contributed by atoms with Gasteiger partial charge in [0.2, 0.25) is 5.95 Å². The second-order valence-corrected chi connectivity index (χ2v) is 5.28. The van der Waals surface area contributed by atoms with E-state index < -0.39 is 11.6 Å². The average molecular weight is 394 g/mol. The first-order valence-corrected chi connectivity index (χ1v) is 6.71. The number of anilines is 3. The van der Waals surface area contributed by atoms with Gasteiger partial charge in [-0.3, -0.25) is 0 Å². The van der Waals surface area contributed by atoms with Gasteiger partial charge in [0.15, 0.2) is 17.5 Å². The van der Waals surface area contributed by atoms with Crippen molar-refractivity contribution >= 4 is 49.3 Å². The maximum absolute atomic E-state index is 13.7. The minimum atomic E-state index is -0.719. The SMILES string of the molecule is CNc1ncc(Br)c(Nc2c(F)cc(Br)cc2F)n1. The molecule has 0 fully saturated rings. The van der Waals surface area contributed by atoms with E-state index in [2.05, 4.69) is 52.5 Å². The standard InChI is InChI=1S/C11H8Br2F2N4/c1-16-11-17-4-6(13)10(19-11)18-9-7(14)2-5(12)3-8(9)15/h2-4H,1H3,(H2,16,17,18,19). The van der Waals surface area contributed by atoms with Gasteiger partial charge in [0.1, 0.15) is 5.69 Å². The van der Waals surface area contributed by atoms with Crippen molar-refractivity contribution < 1.29 is 8.78 Å². The van der Waals surface area contributed by atoms with Crippen molar-refractivity contribution in [1.82, 2.24) is 9.97 Å². The fraction of sp³-hybridized carbons (Fsp3) is 0.0909.